The third-order valence-corrected chi connectivity index (χ3v) is 12.3. The minimum Gasteiger partial charge on any atom is -0.405 e. The molecule has 1 aliphatic carbocycles. The molecule has 4 rings (SSSR count). The molecule has 198 valence electrons. The van der Waals surface area contributed by atoms with E-state index in [0.29, 0.717) is 6.61 Å². The Kier molecular flexibility index (Phi) is 9.74. The SMILES string of the molecule is CC(C)(C)[Si](OC[C@H](O)CO[C@H]1CCC[C@@H](OCc2ccccc2)C1)(c1ccccc1)c1ccccc1. The van der Waals surface area contributed by atoms with Gasteiger partial charge >= 0.3 is 0 Å². The van der Waals surface area contributed by atoms with Gasteiger partial charge in [-0.1, -0.05) is 112 Å². The summed E-state index contributed by atoms with van der Waals surface area (Å²) < 4.78 is 19.2. The smallest absolute Gasteiger partial charge is 0.261 e. The molecular formula is C32H42O4Si. The third-order valence-electron chi connectivity index (χ3n) is 7.34. The van der Waals surface area contributed by atoms with Crippen LogP contribution in [0.5, 0.6) is 0 Å². The molecule has 4 nitrogen and oxygen atoms in total. The van der Waals surface area contributed by atoms with Gasteiger partial charge in [-0.2, -0.15) is 0 Å². The molecule has 1 N–H and O–H groups in total. The van der Waals surface area contributed by atoms with Crippen LogP contribution >= 0.6 is 0 Å². The zero-order valence-electron chi connectivity index (χ0n) is 22.5. The van der Waals surface area contributed by atoms with Crippen LogP contribution in [0.1, 0.15) is 52.0 Å². The summed E-state index contributed by atoms with van der Waals surface area (Å²) in [6.07, 6.45) is 3.64. The molecule has 0 unspecified atom stereocenters. The van der Waals surface area contributed by atoms with Crippen LogP contribution in [0.2, 0.25) is 5.04 Å². The van der Waals surface area contributed by atoms with E-state index in [-0.39, 0.29) is 30.5 Å². The average molecular weight is 519 g/mol. The predicted molar refractivity (Wildman–Crippen MR) is 153 cm³/mol. The highest BCUT2D eigenvalue weighted by Gasteiger charge is 2.50. The molecule has 0 aliphatic heterocycles. The summed E-state index contributed by atoms with van der Waals surface area (Å²) in [6, 6.07) is 31.4. The van der Waals surface area contributed by atoms with Gasteiger partial charge in [0.2, 0.25) is 0 Å². The molecule has 0 bridgehead atoms. The highest BCUT2D eigenvalue weighted by atomic mass is 28.4. The quantitative estimate of drug-likeness (QED) is 0.342. The highest BCUT2D eigenvalue weighted by Crippen LogP contribution is 2.36. The summed E-state index contributed by atoms with van der Waals surface area (Å²) in [6.45, 7) is 7.90. The van der Waals surface area contributed by atoms with E-state index in [0.717, 1.165) is 25.7 Å². The Balaban J connectivity index is 1.36. The second kappa shape index (κ2) is 13.0. The molecule has 3 atom stereocenters. The molecule has 3 aromatic carbocycles. The fraction of sp³-hybridized carbons (Fsp3) is 0.438. The van der Waals surface area contributed by atoms with Crippen LogP contribution in [0.3, 0.4) is 0 Å². The first-order valence-electron chi connectivity index (χ1n) is 13.6. The largest absolute Gasteiger partial charge is 0.405 e. The zero-order valence-corrected chi connectivity index (χ0v) is 23.5. The second-order valence-electron chi connectivity index (χ2n) is 11.2. The van der Waals surface area contributed by atoms with Crippen molar-refractivity contribution in [3.8, 4) is 0 Å². The first kappa shape index (κ1) is 27.7. The van der Waals surface area contributed by atoms with Crippen LogP contribution in [0.25, 0.3) is 0 Å². The van der Waals surface area contributed by atoms with Crippen molar-refractivity contribution in [3.63, 3.8) is 0 Å². The van der Waals surface area contributed by atoms with Crippen molar-refractivity contribution < 1.29 is 19.0 Å². The lowest BCUT2D eigenvalue weighted by Crippen LogP contribution is -2.67. The molecule has 1 fully saturated rings. The molecule has 0 radical (unpaired) electrons. The molecule has 1 saturated carbocycles. The van der Waals surface area contributed by atoms with Crippen LogP contribution in [-0.2, 0) is 20.5 Å². The van der Waals surface area contributed by atoms with Crippen LogP contribution in [0.15, 0.2) is 91.0 Å². The minimum atomic E-state index is -2.67. The summed E-state index contributed by atoms with van der Waals surface area (Å²) in [5.41, 5.74) is 1.20. The van der Waals surface area contributed by atoms with Gasteiger partial charge in [-0.05, 0) is 46.7 Å². The Morgan fingerprint density at radius 2 is 1.27 bits per heavy atom. The van der Waals surface area contributed by atoms with Gasteiger partial charge in [0.15, 0.2) is 0 Å². The fourth-order valence-electron chi connectivity index (χ4n) is 5.47. The van der Waals surface area contributed by atoms with Gasteiger partial charge in [0.25, 0.3) is 8.32 Å². The van der Waals surface area contributed by atoms with E-state index in [9.17, 15) is 5.11 Å². The summed E-state index contributed by atoms with van der Waals surface area (Å²) in [7, 11) is -2.67. The van der Waals surface area contributed by atoms with Crippen LogP contribution in [0, 0.1) is 0 Å². The normalized spacial score (nSPS) is 19.5. The van der Waals surface area contributed by atoms with Crippen molar-refractivity contribution in [2.24, 2.45) is 0 Å². The Hall–Kier alpha value is -2.28. The monoisotopic (exact) mass is 518 g/mol. The van der Waals surface area contributed by atoms with Crippen molar-refractivity contribution in [2.45, 2.75) is 76.4 Å². The number of hydrogen-bond acceptors (Lipinski definition) is 4. The van der Waals surface area contributed by atoms with E-state index in [1.807, 2.05) is 30.3 Å². The van der Waals surface area contributed by atoms with Crippen molar-refractivity contribution in [3.05, 3.63) is 96.6 Å². The van der Waals surface area contributed by atoms with Gasteiger partial charge < -0.3 is 19.0 Å². The fourth-order valence-corrected chi connectivity index (χ4v) is 10.1. The molecule has 0 amide bonds. The average Bonchev–Trinajstić information content (AvgIpc) is 2.92. The summed E-state index contributed by atoms with van der Waals surface area (Å²) in [4.78, 5) is 0. The van der Waals surface area contributed by atoms with Gasteiger partial charge in [0.05, 0.1) is 38.1 Å². The lowest BCUT2D eigenvalue weighted by molar-refractivity contribution is -0.0750. The third kappa shape index (κ3) is 7.18. The summed E-state index contributed by atoms with van der Waals surface area (Å²) in [5.74, 6) is 0. The van der Waals surface area contributed by atoms with Crippen LogP contribution < -0.4 is 10.4 Å². The van der Waals surface area contributed by atoms with Crippen molar-refractivity contribution in [1.29, 1.82) is 0 Å². The molecule has 5 heteroatoms. The van der Waals surface area contributed by atoms with Gasteiger partial charge in [-0.15, -0.1) is 0 Å². The molecule has 37 heavy (non-hydrogen) atoms. The first-order chi connectivity index (χ1) is 17.9. The van der Waals surface area contributed by atoms with Crippen molar-refractivity contribution in [2.75, 3.05) is 13.2 Å². The molecule has 3 aromatic rings. The van der Waals surface area contributed by atoms with E-state index in [4.69, 9.17) is 13.9 Å². The Morgan fingerprint density at radius 1 is 0.757 bits per heavy atom. The van der Waals surface area contributed by atoms with E-state index >= 15 is 0 Å². The maximum Gasteiger partial charge on any atom is 0.261 e. The number of aliphatic hydroxyl groups is 1. The molecule has 0 aromatic heterocycles. The number of ether oxygens (including phenoxy) is 2. The minimum absolute atomic E-state index is 0.108. The van der Waals surface area contributed by atoms with E-state index in [2.05, 4.69) is 81.4 Å². The summed E-state index contributed by atoms with van der Waals surface area (Å²) >= 11 is 0. The summed E-state index contributed by atoms with van der Waals surface area (Å²) in [5, 5.41) is 13.3. The maximum absolute atomic E-state index is 11.0. The van der Waals surface area contributed by atoms with Gasteiger partial charge in [0, 0.05) is 0 Å². The van der Waals surface area contributed by atoms with Gasteiger partial charge in [-0.25, -0.2) is 0 Å². The molecule has 1 aliphatic rings. The zero-order chi connectivity index (χ0) is 26.1. The van der Waals surface area contributed by atoms with E-state index < -0.39 is 14.4 Å². The van der Waals surface area contributed by atoms with E-state index in [1.165, 1.54) is 15.9 Å². The molecular weight excluding hydrogens is 476 g/mol. The first-order valence-corrected chi connectivity index (χ1v) is 15.5. The maximum atomic E-state index is 11.0. The number of rotatable bonds is 11. The molecule has 0 spiro atoms. The highest BCUT2D eigenvalue weighted by molar-refractivity contribution is 6.99. The van der Waals surface area contributed by atoms with E-state index in [1.54, 1.807) is 0 Å². The van der Waals surface area contributed by atoms with Gasteiger partial charge in [0.1, 0.15) is 0 Å². The van der Waals surface area contributed by atoms with Crippen molar-refractivity contribution >= 4 is 18.7 Å². The van der Waals surface area contributed by atoms with Crippen LogP contribution in [0.4, 0.5) is 0 Å². The Bertz CT molecular complexity index is 1010. The van der Waals surface area contributed by atoms with Gasteiger partial charge in [-0.3, -0.25) is 0 Å². The standard InChI is InChI=1S/C32H42O4Si/c1-32(2,3)37(30-18-9-5-10-19-30,31-20-11-6-12-21-31)36-25-27(33)24-35-29-17-13-16-28(22-29)34-23-26-14-7-4-8-15-26/h4-12,14-15,18-21,27-29,33H,13,16-17,22-25H2,1-3H3/t27-,28-,29+/m1/s1. The lowest BCUT2D eigenvalue weighted by Gasteiger charge is -2.43. The molecule has 0 saturated heterocycles. The lowest BCUT2D eigenvalue weighted by atomic mass is 9.95. The Morgan fingerprint density at radius 3 is 1.81 bits per heavy atom. The second-order valence-corrected chi connectivity index (χ2v) is 15.5. The Labute approximate surface area is 223 Å². The van der Waals surface area contributed by atoms with Crippen LogP contribution in [-0.4, -0.2) is 44.9 Å². The molecule has 0 heterocycles. The van der Waals surface area contributed by atoms with Crippen molar-refractivity contribution in [1.82, 2.24) is 0 Å². The number of aliphatic hydroxyl groups excluding tert-OH is 1. The number of hydrogen-bond donors (Lipinski definition) is 1. The predicted octanol–water partition coefficient (Wildman–Crippen LogP) is 5.47. The number of benzene rings is 3. The topological polar surface area (TPSA) is 47.9 Å².